The predicted octanol–water partition coefficient (Wildman–Crippen LogP) is 4.45. The fourth-order valence-corrected chi connectivity index (χ4v) is 5.66. The Hall–Kier alpha value is -4.60. The van der Waals surface area contributed by atoms with Crippen LogP contribution in [0.25, 0.3) is 5.95 Å². The minimum absolute atomic E-state index is 0.220. The molecule has 1 atom stereocenters. The molecule has 4 aromatic rings. The smallest absolute Gasteiger partial charge is 0.263 e. The van der Waals surface area contributed by atoms with E-state index in [1.165, 1.54) is 21.7 Å². The van der Waals surface area contributed by atoms with E-state index >= 15 is 0 Å². The molecule has 2 aliphatic rings. The molecule has 3 heterocycles. The number of ether oxygens (including phenoxy) is 1. The number of hydrogen-bond donors (Lipinski definition) is 0. The fourth-order valence-electron chi connectivity index (χ4n) is 5.66. The van der Waals surface area contributed by atoms with E-state index in [-0.39, 0.29) is 23.8 Å². The Balaban J connectivity index is 1.41. The van der Waals surface area contributed by atoms with Gasteiger partial charge in [0, 0.05) is 17.7 Å². The maximum atomic E-state index is 14.0. The highest BCUT2D eigenvalue weighted by atomic mass is 19.1. The van der Waals surface area contributed by atoms with Crippen molar-refractivity contribution in [1.29, 1.82) is 0 Å². The molecule has 1 unspecified atom stereocenters. The summed E-state index contributed by atoms with van der Waals surface area (Å²) in [5.41, 5.74) is 5.14. The van der Waals surface area contributed by atoms with E-state index in [1.807, 2.05) is 44.2 Å². The van der Waals surface area contributed by atoms with E-state index in [4.69, 9.17) is 14.8 Å². The Morgan fingerprint density at radius 3 is 2.46 bits per heavy atom. The molecule has 1 amide bonds. The summed E-state index contributed by atoms with van der Waals surface area (Å²) in [6, 6.07) is 15.0. The van der Waals surface area contributed by atoms with Crippen LogP contribution in [0.2, 0.25) is 0 Å². The number of carbonyl (C=O) groups excluding carboxylic acids is 1. The largest absolute Gasteiger partial charge is 0.497 e. The number of carbonyl (C=O) groups is 1. The third kappa shape index (κ3) is 5.05. The number of methoxy groups -OCH3 is 1. The van der Waals surface area contributed by atoms with Crippen molar-refractivity contribution in [3.8, 4) is 11.7 Å². The Bertz CT molecular complexity index is 1710. The normalized spacial score (nSPS) is 16.4. The van der Waals surface area contributed by atoms with Crippen molar-refractivity contribution in [1.82, 2.24) is 24.3 Å². The lowest BCUT2D eigenvalue weighted by molar-refractivity contribution is -0.133. The predicted molar refractivity (Wildman–Crippen MR) is 152 cm³/mol. The maximum Gasteiger partial charge on any atom is 0.263 e. The quantitative estimate of drug-likeness (QED) is 0.351. The van der Waals surface area contributed by atoms with Crippen LogP contribution in [0.5, 0.6) is 5.75 Å². The second kappa shape index (κ2) is 10.8. The lowest BCUT2D eigenvalue weighted by atomic mass is 9.97. The summed E-state index contributed by atoms with van der Waals surface area (Å²) in [6.45, 7) is 3.51. The van der Waals surface area contributed by atoms with Gasteiger partial charge in [0.05, 0.1) is 30.3 Å². The van der Waals surface area contributed by atoms with Gasteiger partial charge in [-0.15, -0.1) is 0 Å². The molecule has 2 aromatic carbocycles. The lowest BCUT2D eigenvalue weighted by Gasteiger charge is -2.24. The van der Waals surface area contributed by atoms with E-state index in [0.717, 1.165) is 47.5 Å². The Labute approximate surface area is 236 Å². The number of hydrazone groups is 1. The van der Waals surface area contributed by atoms with Gasteiger partial charge >= 0.3 is 0 Å². The molecule has 1 aliphatic carbocycles. The third-order valence-corrected chi connectivity index (χ3v) is 7.75. The van der Waals surface area contributed by atoms with Gasteiger partial charge in [0.25, 0.3) is 11.5 Å². The topological polar surface area (TPSA) is 94.6 Å². The Morgan fingerprint density at radius 1 is 1.05 bits per heavy atom. The number of benzene rings is 2. The second-order valence-corrected chi connectivity index (χ2v) is 10.6. The highest BCUT2D eigenvalue weighted by molar-refractivity contribution is 6.03. The molecule has 10 heteroatoms. The van der Waals surface area contributed by atoms with Gasteiger partial charge in [-0.1, -0.05) is 12.1 Å². The van der Waals surface area contributed by atoms with E-state index in [9.17, 15) is 14.0 Å². The van der Waals surface area contributed by atoms with Crippen LogP contribution in [-0.2, 0) is 24.2 Å². The monoisotopic (exact) mass is 554 g/mol. The molecule has 1 aliphatic heterocycles. The van der Waals surface area contributed by atoms with Crippen LogP contribution < -0.4 is 10.3 Å². The highest BCUT2D eigenvalue weighted by Gasteiger charge is 2.34. The molecular formula is C31H31FN6O3. The van der Waals surface area contributed by atoms with Crippen molar-refractivity contribution in [2.45, 2.75) is 58.5 Å². The van der Waals surface area contributed by atoms with Crippen LogP contribution in [0.1, 0.15) is 59.1 Å². The van der Waals surface area contributed by atoms with Gasteiger partial charge in [-0.25, -0.2) is 19.1 Å². The number of nitrogens with zero attached hydrogens (tertiary/aromatic N) is 6. The summed E-state index contributed by atoms with van der Waals surface area (Å²) in [4.78, 5) is 32.7. The third-order valence-electron chi connectivity index (χ3n) is 7.75. The minimum Gasteiger partial charge on any atom is -0.497 e. The van der Waals surface area contributed by atoms with Crippen molar-refractivity contribution >= 4 is 11.6 Å². The second-order valence-electron chi connectivity index (χ2n) is 10.6. The average Bonchev–Trinajstić information content (AvgIpc) is 3.58. The highest BCUT2D eigenvalue weighted by Crippen LogP contribution is 2.33. The van der Waals surface area contributed by atoms with Gasteiger partial charge in [-0.3, -0.25) is 14.2 Å². The molecule has 6 rings (SSSR count). The van der Waals surface area contributed by atoms with E-state index in [1.54, 1.807) is 23.9 Å². The molecule has 0 radical (unpaired) electrons. The number of aryl methyl sites for hydroxylation is 3. The average molecular weight is 555 g/mol. The zero-order valence-electron chi connectivity index (χ0n) is 23.3. The number of fused-ring (bicyclic) bond motifs is 1. The molecular weight excluding hydrogens is 523 g/mol. The van der Waals surface area contributed by atoms with Crippen molar-refractivity contribution in [3.05, 3.63) is 105 Å². The van der Waals surface area contributed by atoms with Gasteiger partial charge in [-0.2, -0.15) is 10.2 Å². The summed E-state index contributed by atoms with van der Waals surface area (Å²) in [7, 11) is 1.60. The summed E-state index contributed by atoms with van der Waals surface area (Å²) in [5, 5.41) is 10.7. The van der Waals surface area contributed by atoms with Gasteiger partial charge in [-0.05, 0) is 93.1 Å². The maximum absolute atomic E-state index is 14.0. The number of amides is 1. The first kappa shape index (κ1) is 26.6. The molecule has 41 heavy (non-hydrogen) atoms. The van der Waals surface area contributed by atoms with Crippen LogP contribution in [0.15, 0.2) is 64.5 Å². The molecule has 0 spiro atoms. The first-order valence-electron chi connectivity index (χ1n) is 13.8. The fraction of sp³-hybridized carbons (Fsp3) is 0.323. The first-order chi connectivity index (χ1) is 19.8. The van der Waals surface area contributed by atoms with Crippen LogP contribution in [0.3, 0.4) is 0 Å². The summed E-state index contributed by atoms with van der Waals surface area (Å²) in [5.74, 6) is 0.310. The number of aromatic nitrogens is 4. The van der Waals surface area contributed by atoms with Crippen molar-refractivity contribution < 1.29 is 13.9 Å². The molecule has 210 valence electrons. The summed E-state index contributed by atoms with van der Waals surface area (Å²) >= 11 is 0. The lowest BCUT2D eigenvalue weighted by Crippen LogP contribution is -2.38. The molecule has 0 fully saturated rings. The molecule has 9 nitrogen and oxygen atoms in total. The van der Waals surface area contributed by atoms with Crippen LogP contribution in [0.4, 0.5) is 4.39 Å². The van der Waals surface area contributed by atoms with E-state index in [0.29, 0.717) is 35.8 Å². The number of halogens is 1. The van der Waals surface area contributed by atoms with Gasteiger partial charge in [0.2, 0.25) is 5.95 Å². The van der Waals surface area contributed by atoms with Crippen LogP contribution in [-0.4, -0.2) is 43.1 Å². The van der Waals surface area contributed by atoms with Crippen molar-refractivity contribution in [3.63, 3.8) is 0 Å². The first-order valence-corrected chi connectivity index (χ1v) is 13.8. The van der Waals surface area contributed by atoms with Crippen molar-refractivity contribution in [2.24, 2.45) is 5.10 Å². The van der Waals surface area contributed by atoms with Gasteiger partial charge < -0.3 is 4.74 Å². The zero-order chi connectivity index (χ0) is 28.7. The van der Waals surface area contributed by atoms with Crippen LogP contribution >= 0.6 is 0 Å². The number of hydrogen-bond acceptors (Lipinski definition) is 6. The number of rotatable bonds is 6. The molecule has 0 N–H and O–H groups in total. The molecule has 0 bridgehead atoms. The molecule has 0 saturated heterocycles. The summed E-state index contributed by atoms with van der Waals surface area (Å²) in [6.07, 6.45) is 3.67. The Kier molecular flexibility index (Phi) is 6.98. The minimum atomic E-state index is -0.460. The summed E-state index contributed by atoms with van der Waals surface area (Å²) < 4.78 is 22.1. The zero-order valence-corrected chi connectivity index (χ0v) is 23.3. The molecule has 0 saturated carbocycles. The van der Waals surface area contributed by atoms with E-state index < -0.39 is 6.04 Å². The molecule has 2 aromatic heterocycles. The van der Waals surface area contributed by atoms with Gasteiger partial charge in [0.1, 0.15) is 18.1 Å². The van der Waals surface area contributed by atoms with Crippen molar-refractivity contribution in [2.75, 3.05) is 7.11 Å². The van der Waals surface area contributed by atoms with Crippen LogP contribution in [0, 0.1) is 19.7 Å². The van der Waals surface area contributed by atoms with E-state index in [2.05, 4.69) is 5.10 Å². The SMILES string of the molecule is COc1ccc(C2=NN(C(=O)Cn3c(-n4nc(C)cc4C)nc4c(c3=O)CCCC4)C(c3ccc(F)cc3)C2)cc1. The van der Waals surface area contributed by atoms with Gasteiger partial charge in [0.15, 0.2) is 0 Å². The Morgan fingerprint density at radius 2 is 1.78 bits per heavy atom. The standard InChI is InChI=1S/C31H31FN6O3/c1-19-16-20(2)37(34-19)31-33-26-7-5-4-6-25(26)30(40)36(31)18-29(39)38-28(22-8-12-23(32)13-9-22)17-27(35-38)21-10-14-24(41-3)15-11-21/h8-16,28H,4-7,17-18H2,1-3H3.